The Hall–Kier alpha value is -2.80. The third kappa shape index (κ3) is 4.19. The maximum atomic E-state index is 12.7. The van der Waals surface area contributed by atoms with Gasteiger partial charge in [0.1, 0.15) is 5.01 Å². The molecular weight excluding hydrogens is 349 g/mol. The van der Waals surface area contributed by atoms with Gasteiger partial charge in [-0.15, -0.1) is 11.3 Å². The van der Waals surface area contributed by atoms with Gasteiger partial charge in [-0.1, -0.05) is 18.2 Å². The van der Waals surface area contributed by atoms with E-state index in [1.54, 1.807) is 17.6 Å². The highest BCUT2D eigenvalue weighted by molar-refractivity contribution is 7.13. The predicted molar refractivity (Wildman–Crippen MR) is 90.2 cm³/mol. The Kier molecular flexibility index (Phi) is 4.76. The number of thiazole rings is 1. The molecule has 0 aliphatic carbocycles. The van der Waals surface area contributed by atoms with E-state index in [4.69, 9.17) is 0 Å². The molecule has 3 aromatic rings. The summed E-state index contributed by atoms with van der Waals surface area (Å²) >= 11 is 1.37. The summed E-state index contributed by atoms with van der Waals surface area (Å²) in [6.45, 7) is 0. The van der Waals surface area contributed by atoms with E-state index in [1.165, 1.54) is 35.6 Å². The fourth-order valence-corrected chi connectivity index (χ4v) is 2.84. The van der Waals surface area contributed by atoms with Crippen LogP contribution in [-0.4, -0.2) is 15.8 Å². The number of nitrogens with zero attached hydrogens (tertiary/aromatic N) is 2. The van der Waals surface area contributed by atoms with Gasteiger partial charge in [-0.2, -0.15) is 13.2 Å². The van der Waals surface area contributed by atoms with E-state index in [1.807, 2.05) is 12.1 Å². The van der Waals surface area contributed by atoms with Crippen molar-refractivity contribution in [1.82, 2.24) is 9.97 Å². The average Bonchev–Trinajstić information content (AvgIpc) is 3.09. The van der Waals surface area contributed by atoms with Gasteiger partial charge in [0, 0.05) is 17.1 Å². The fourth-order valence-electron chi connectivity index (χ4n) is 2.08. The molecule has 2 heterocycles. The summed E-state index contributed by atoms with van der Waals surface area (Å²) in [4.78, 5) is 20.6. The van der Waals surface area contributed by atoms with E-state index in [-0.39, 0.29) is 5.56 Å². The number of aromatic nitrogens is 2. The molecule has 25 heavy (non-hydrogen) atoms. The minimum Gasteiger partial charge on any atom is -0.289 e. The Bertz CT molecular complexity index is 917. The lowest BCUT2D eigenvalue weighted by Gasteiger charge is -2.06. The van der Waals surface area contributed by atoms with Crippen molar-refractivity contribution in [3.05, 3.63) is 76.9 Å². The Morgan fingerprint density at radius 1 is 1.12 bits per heavy atom. The second-order valence-electron chi connectivity index (χ2n) is 5.07. The van der Waals surface area contributed by atoms with Crippen molar-refractivity contribution in [2.75, 3.05) is 0 Å². The lowest BCUT2D eigenvalue weighted by molar-refractivity contribution is -0.137. The Labute approximate surface area is 145 Å². The standard InChI is InChI=1S/C18H11F3N2OS/c19-18(20,21)13-5-3-4-12(10-13)16(24)8-7-14-11-25-17(23-14)15-6-1-2-9-22-15/h1-11H/b8-7+. The number of alkyl halides is 3. The number of benzene rings is 1. The van der Waals surface area contributed by atoms with E-state index >= 15 is 0 Å². The zero-order chi connectivity index (χ0) is 17.9. The van der Waals surface area contributed by atoms with Crippen molar-refractivity contribution < 1.29 is 18.0 Å². The molecule has 0 aliphatic rings. The molecule has 1 aromatic carbocycles. The van der Waals surface area contributed by atoms with Crippen LogP contribution in [0.15, 0.2) is 60.1 Å². The topological polar surface area (TPSA) is 42.9 Å². The van der Waals surface area contributed by atoms with Crippen LogP contribution in [0.2, 0.25) is 0 Å². The molecule has 0 radical (unpaired) electrons. The number of carbonyl (C=O) groups is 1. The first kappa shape index (κ1) is 17.0. The van der Waals surface area contributed by atoms with Gasteiger partial charge in [-0.25, -0.2) is 4.98 Å². The number of allylic oxidation sites excluding steroid dienone is 1. The Morgan fingerprint density at radius 3 is 2.68 bits per heavy atom. The smallest absolute Gasteiger partial charge is 0.289 e. The maximum Gasteiger partial charge on any atom is 0.416 e. The van der Waals surface area contributed by atoms with Crippen LogP contribution in [0.25, 0.3) is 16.8 Å². The van der Waals surface area contributed by atoms with Crippen LogP contribution >= 0.6 is 11.3 Å². The third-order valence-corrected chi connectivity index (χ3v) is 4.17. The molecule has 0 spiro atoms. The first-order valence-corrected chi connectivity index (χ1v) is 8.08. The summed E-state index contributed by atoms with van der Waals surface area (Å²) in [7, 11) is 0. The lowest BCUT2D eigenvalue weighted by Crippen LogP contribution is -2.06. The molecule has 126 valence electrons. The number of halogens is 3. The predicted octanol–water partition coefficient (Wildman–Crippen LogP) is 5.12. The first-order valence-electron chi connectivity index (χ1n) is 7.20. The highest BCUT2D eigenvalue weighted by Gasteiger charge is 2.30. The molecule has 7 heteroatoms. The third-order valence-electron chi connectivity index (χ3n) is 3.29. The minimum atomic E-state index is -4.48. The van der Waals surface area contributed by atoms with E-state index < -0.39 is 17.5 Å². The van der Waals surface area contributed by atoms with Gasteiger partial charge in [0.05, 0.1) is 17.0 Å². The summed E-state index contributed by atoms with van der Waals surface area (Å²) in [5, 5.41) is 2.45. The van der Waals surface area contributed by atoms with Crippen LogP contribution in [0.1, 0.15) is 21.6 Å². The van der Waals surface area contributed by atoms with Gasteiger partial charge in [-0.05, 0) is 36.4 Å². The van der Waals surface area contributed by atoms with Crippen molar-refractivity contribution in [3.8, 4) is 10.7 Å². The molecule has 3 rings (SSSR count). The molecule has 0 N–H and O–H groups in total. The SMILES string of the molecule is O=C(/C=C/c1csc(-c2ccccn2)n1)c1cccc(C(F)(F)F)c1. The average molecular weight is 360 g/mol. The number of pyridine rings is 1. The number of ketones is 1. The Balaban J connectivity index is 1.77. The van der Waals surface area contributed by atoms with Gasteiger partial charge in [0.15, 0.2) is 5.78 Å². The van der Waals surface area contributed by atoms with Crippen LogP contribution in [0, 0.1) is 0 Å². The molecule has 3 nitrogen and oxygen atoms in total. The van der Waals surface area contributed by atoms with Crippen LogP contribution in [0.3, 0.4) is 0 Å². The number of carbonyl (C=O) groups excluding carboxylic acids is 1. The second kappa shape index (κ2) is 6.98. The fraction of sp³-hybridized carbons (Fsp3) is 0.0556. The summed E-state index contributed by atoms with van der Waals surface area (Å²) in [5.74, 6) is -0.515. The molecule has 0 amide bonds. The van der Waals surface area contributed by atoms with Crippen LogP contribution in [0.5, 0.6) is 0 Å². The number of hydrogen-bond acceptors (Lipinski definition) is 4. The van der Waals surface area contributed by atoms with E-state index in [9.17, 15) is 18.0 Å². The minimum absolute atomic E-state index is 0.0220. The Morgan fingerprint density at radius 2 is 1.96 bits per heavy atom. The maximum absolute atomic E-state index is 12.7. The van der Waals surface area contributed by atoms with Crippen molar-refractivity contribution in [1.29, 1.82) is 0 Å². The quantitative estimate of drug-likeness (QED) is 0.479. The monoisotopic (exact) mass is 360 g/mol. The highest BCUT2D eigenvalue weighted by Crippen LogP contribution is 2.29. The van der Waals surface area contributed by atoms with Gasteiger partial charge in [-0.3, -0.25) is 9.78 Å². The lowest BCUT2D eigenvalue weighted by atomic mass is 10.1. The molecule has 0 bridgehead atoms. The molecule has 0 atom stereocenters. The van der Waals surface area contributed by atoms with Gasteiger partial charge >= 0.3 is 6.18 Å². The molecule has 0 unspecified atom stereocenters. The summed E-state index contributed by atoms with van der Waals surface area (Å²) < 4.78 is 38.1. The van der Waals surface area contributed by atoms with Gasteiger partial charge in [0.25, 0.3) is 0 Å². The van der Waals surface area contributed by atoms with E-state index in [2.05, 4.69) is 9.97 Å². The van der Waals surface area contributed by atoms with E-state index in [0.29, 0.717) is 10.7 Å². The van der Waals surface area contributed by atoms with Crippen molar-refractivity contribution in [2.45, 2.75) is 6.18 Å². The highest BCUT2D eigenvalue weighted by atomic mass is 32.1. The molecule has 0 aliphatic heterocycles. The number of hydrogen-bond donors (Lipinski definition) is 0. The van der Waals surface area contributed by atoms with Crippen LogP contribution in [-0.2, 0) is 6.18 Å². The second-order valence-corrected chi connectivity index (χ2v) is 5.93. The largest absolute Gasteiger partial charge is 0.416 e. The zero-order valence-corrected chi connectivity index (χ0v) is 13.5. The van der Waals surface area contributed by atoms with Crippen LogP contribution < -0.4 is 0 Å². The van der Waals surface area contributed by atoms with E-state index in [0.717, 1.165) is 17.8 Å². The normalized spacial score (nSPS) is 11.8. The van der Waals surface area contributed by atoms with Crippen LogP contribution in [0.4, 0.5) is 13.2 Å². The molecule has 0 saturated carbocycles. The summed E-state index contributed by atoms with van der Waals surface area (Å²) in [5.41, 5.74) is 0.395. The molecular formula is C18H11F3N2OS. The molecule has 0 saturated heterocycles. The first-order chi connectivity index (χ1) is 11.9. The number of rotatable bonds is 4. The van der Waals surface area contributed by atoms with Crippen molar-refractivity contribution in [2.24, 2.45) is 0 Å². The van der Waals surface area contributed by atoms with Gasteiger partial charge in [0.2, 0.25) is 0 Å². The van der Waals surface area contributed by atoms with Crippen molar-refractivity contribution in [3.63, 3.8) is 0 Å². The summed E-state index contributed by atoms with van der Waals surface area (Å²) in [6.07, 6.45) is -0.131. The molecule has 0 fully saturated rings. The zero-order valence-electron chi connectivity index (χ0n) is 12.7. The van der Waals surface area contributed by atoms with Gasteiger partial charge < -0.3 is 0 Å². The van der Waals surface area contributed by atoms with Crippen molar-refractivity contribution >= 4 is 23.2 Å². The summed E-state index contributed by atoms with van der Waals surface area (Å²) in [6, 6.07) is 9.80. The molecule has 2 aromatic heterocycles.